The fraction of sp³-hybridized carbons (Fsp3) is 0.700. The molecule has 5 atom stereocenters. The van der Waals surface area contributed by atoms with Crippen molar-refractivity contribution in [3.63, 3.8) is 0 Å². The van der Waals surface area contributed by atoms with Crippen LogP contribution in [0.15, 0.2) is 4.99 Å². The maximum atomic E-state index is 12.9. The molecule has 4 amide bonds. The topological polar surface area (TPSA) is 278 Å². The largest absolute Gasteiger partial charge is 0.480 e. The number of rotatable bonds is 18. The van der Waals surface area contributed by atoms with Gasteiger partial charge in [0, 0.05) is 13.0 Å². The fourth-order valence-electron chi connectivity index (χ4n) is 2.89. The fourth-order valence-corrected chi connectivity index (χ4v) is 3.38. The zero-order chi connectivity index (χ0) is 27.8. The number of hydrogen-bond donors (Lipinski definition) is 9. The van der Waals surface area contributed by atoms with E-state index in [0.717, 1.165) is 0 Å². The molecule has 0 aromatic carbocycles. The summed E-state index contributed by atoms with van der Waals surface area (Å²) in [5.41, 5.74) is 21.4. The Hall–Kier alpha value is -3.11. The summed E-state index contributed by atoms with van der Waals surface area (Å²) >= 11 is 1.48. The molecule has 0 saturated heterocycles. The Morgan fingerprint density at radius 2 is 1.53 bits per heavy atom. The van der Waals surface area contributed by atoms with Gasteiger partial charge in [0.15, 0.2) is 5.96 Å². The number of thioether (sulfide) groups is 1. The zero-order valence-corrected chi connectivity index (χ0v) is 21.3. The van der Waals surface area contributed by atoms with Crippen molar-refractivity contribution in [2.45, 2.75) is 69.3 Å². The number of carboxylic acids is 1. The van der Waals surface area contributed by atoms with Crippen LogP contribution in [0.25, 0.3) is 0 Å². The number of hydrogen-bond acceptors (Lipinski definition) is 9. The van der Waals surface area contributed by atoms with E-state index in [9.17, 15) is 34.2 Å². The molecule has 0 spiro atoms. The van der Waals surface area contributed by atoms with Crippen LogP contribution in [0.5, 0.6) is 0 Å². The molecule has 0 aliphatic heterocycles. The van der Waals surface area contributed by atoms with Crippen molar-refractivity contribution in [1.29, 1.82) is 0 Å². The van der Waals surface area contributed by atoms with Crippen LogP contribution in [0.2, 0.25) is 0 Å². The Morgan fingerprint density at radius 3 is 2.03 bits per heavy atom. The number of carboxylic acid groups (broad SMARTS) is 1. The molecule has 0 heterocycles. The molecule has 0 bridgehead atoms. The summed E-state index contributed by atoms with van der Waals surface area (Å²) in [7, 11) is 0. The van der Waals surface area contributed by atoms with Crippen molar-refractivity contribution in [1.82, 2.24) is 16.0 Å². The average Bonchev–Trinajstić information content (AvgIpc) is 2.79. The van der Waals surface area contributed by atoms with E-state index in [2.05, 4.69) is 20.9 Å². The summed E-state index contributed by atoms with van der Waals surface area (Å²) in [5, 5.41) is 26.5. The number of primary amides is 1. The maximum Gasteiger partial charge on any atom is 0.326 e. The summed E-state index contributed by atoms with van der Waals surface area (Å²) in [4.78, 5) is 64.5. The molecular formula is C20H38N8O7S. The van der Waals surface area contributed by atoms with Gasteiger partial charge in [0.1, 0.15) is 18.1 Å². The molecule has 15 nitrogen and oxygen atoms in total. The number of aliphatic imine (C=N–C) groups is 1. The Morgan fingerprint density at radius 1 is 0.917 bits per heavy atom. The van der Waals surface area contributed by atoms with E-state index in [1.54, 1.807) is 0 Å². The van der Waals surface area contributed by atoms with Gasteiger partial charge in [-0.2, -0.15) is 11.8 Å². The van der Waals surface area contributed by atoms with Gasteiger partial charge in [-0.15, -0.1) is 0 Å². The predicted octanol–water partition coefficient (Wildman–Crippen LogP) is -3.69. The summed E-state index contributed by atoms with van der Waals surface area (Å²) in [6.45, 7) is 1.35. The average molecular weight is 535 g/mol. The number of aliphatic hydroxyl groups is 1. The summed E-state index contributed by atoms with van der Waals surface area (Å²) < 4.78 is 0. The lowest BCUT2D eigenvalue weighted by Gasteiger charge is -2.26. The predicted molar refractivity (Wildman–Crippen MR) is 134 cm³/mol. The minimum absolute atomic E-state index is 0.0242. The molecule has 0 saturated carbocycles. The number of nitrogens with zero attached hydrogens (tertiary/aromatic N) is 1. The minimum Gasteiger partial charge on any atom is -0.480 e. The van der Waals surface area contributed by atoms with Crippen molar-refractivity contribution >= 4 is 47.3 Å². The molecule has 0 aliphatic carbocycles. The monoisotopic (exact) mass is 534 g/mol. The number of guanidine groups is 1. The number of carbonyl (C=O) groups is 5. The molecular weight excluding hydrogens is 496 g/mol. The summed E-state index contributed by atoms with van der Waals surface area (Å²) in [5.74, 6) is -4.11. The van der Waals surface area contributed by atoms with Gasteiger partial charge in [-0.05, 0) is 44.6 Å². The van der Waals surface area contributed by atoms with Crippen LogP contribution in [0.1, 0.15) is 39.0 Å². The Balaban J connectivity index is 5.40. The van der Waals surface area contributed by atoms with Gasteiger partial charge in [-0.25, -0.2) is 4.79 Å². The molecule has 13 N–H and O–H groups in total. The van der Waals surface area contributed by atoms with Crippen LogP contribution >= 0.6 is 11.8 Å². The van der Waals surface area contributed by atoms with Crippen LogP contribution in [0.3, 0.4) is 0 Å². The highest BCUT2D eigenvalue weighted by Crippen LogP contribution is 2.05. The summed E-state index contributed by atoms with van der Waals surface area (Å²) in [6, 6.07) is -5.10. The van der Waals surface area contributed by atoms with Gasteiger partial charge in [-0.3, -0.25) is 24.2 Å². The Labute approximate surface area is 213 Å². The molecule has 5 unspecified atom stereocenters. The third kappa shape index (κ3) is 13.7. The zero-order valence-electron chi connectivity index (χ0n) is 20.4. The molecule has 0 rings (SSSR count). The first-order chi connectivity index (χ1) is 16.8. The van der Waals surface area contributed by atoms with E-state index in [0.29, 0.717) is 12.2 Å². The van der Waals surface area contributed by atoms with Crippen LogP contribution in [0, 0.1) is 0 Å². The maximum absolute atomic E-state index is 12.9. The van der Waals surface area contributed by atoms with Gasteiger partial charge in [-0.1, -0.05) is 0 Å². The van der Waals surface area contributed by atoms with Crippen LogP contribution in [0.4, 0.5) is 0 Å². The van der Waals surface area contributed by atoms with Crippen molar-refractivity contribution in [3.8, 4) is 0 Å². The van der Waals surface area contributed by atoms with Crippen molar-refractivity contribution in [2.24, 2.45) is 27.9 Å². The molecule has 0 aliphatic rings. The van der Waals surface area contributed by atoms with E-state index in [4.69, 9.17) is 22.9 Å². The Bertz CT molecular complexity index is 792. The molecule has 16 heteroatoms. The highest BCUT2D eigenvalue weighted by molar-refractivity contribution is 7.98. The smallest absolute Gasteiger partial charge is 0.326 e. The highest BCUT2D eigenvalue weighted by Gasteiger charge is 2.32. The Kier molecular flexibility index (Phi) is 15.8. The first kappa shape index (κ1) is 32.9. The van der Waals surface area contributed by atoms with Gasteiger partial charge >= 0.3 is 5.97 Å². The standard InChI is InChI=1S/C20H38N8O7S/c1-10(29)15(18(33)27-13(19(34)35)4-3-8-25-20(23)24)28-17(32)12(5-6-14(22)30)26-16(31)11(21)7-9-36-2/h10-13,15,29H,3-9,21H2,1-2H3,(H2,22,30)(H,26,31)(H,27,33)(H,28,32)(H,34,35)(H4,23,24,25). The lowest BCUT2D eigenvalue weighted by Crippen LogP contribution is -2.59. The van der Waals surface area contributed by atoms with Crippen LogP contribution < -0.4 is 38.9 Å². The summed E-state index contributed by atoms with van der Waals surface area (Å²) in [6.07, 6.45) is 0.535. The number of nitrogens with one attached hydrogen (secondary N) is 3. The van der Waals surface area contributed by atoms with Crippen molar-refractivity contribution in [2.75, 3.05) is 18.6 Å². The normalized spacial score (nSPS) is 14.9. The number of nitrogens with two attached hydrogens (primary N) is 4. The SMILES string of the molecule is CSCCC(N)C(=O)NC(CCC(N)=O)C(=O)NC(C(=O)NC(CCCN=C(N)N)C(=O)O)C(C)O. The minimum atomic E-state index is -1.56. The molecule has 0 aromatic rings. The highest BCUT2D eigenvalue weighted by atomic mass is 32.2. The third-order valence-corrected chi connectivity index (χ3v) is 5.55. The van der Waals surface area contributed by atoms with E-state index < -0.39 is 59.9 Å². The molecule has 0 radical (unpaired) electrons. The van der Waals surface area contributed by atoms with Crippen molar-refractivity contribution in [3.05, 3.63) is 0 Å². The van der Waals surface area contributed by atoms with E-state index in [1.807, 2.05) is 6.26 Å². The molecule has 0 fully saturated rings. The number of carbonyl (C=O) groups excluding carboxylic acids is 4. The van der Waals surface area contributed by atoms with Crippen LogP contribution in [-0.2, 0) is 24.0 Å². The van der Waals surface area contributed by atoms with Gasteiger partial charge < -0.3 is 49.1 Å². The second-order valence-corrected chi connectivity index (χ2v) is 9.01. The van der Waals surface area contributed by atoms with Gasteiger partial charge in [0.25, 0.3) is 0 Å². The second-order valence-electron chi connectivity index (χ2n) is 8.03. The third-order valence-electron chi connectivity index (χ3n) is 4.90. The van der Waals surface area contributed by atoms with Crippen LogP contribution in [-0.4, -0.2) is 94.6 Å². The molecule has 206 valence electrons. The number of aliphatic hydroxyl groups excluding tert-OH is 1. The lowest BCUT2D eigenvalue weighted by atomic mass is 10.1. The first-order valence-electron chi connectivity index (χ1n) is 11.2. The van der Waals surface area contributed by atoms with Gasteiger partial charge in [0.2, 0.25) is 23.6 Å². The number of amides is 4. The molecule has 36 heavy (non-hydrogen) atoms. The van der Waals surface area contributed by atoms with Crippen molar-refractivity contribution < 1.29 is 34.2 Å². The van der Waals surface area contributed by atoms with Gasteiger partial charge in [0.05, 0.1) is 12.1 Å². The molecule has 0 aromatic heterocycles. The number of aliphatic carboxylic acids is 1. The van der Waals surface area contributed by atoms with E-state index >= 15 is 0 Å². The first-order valence-corrected chi connectivity index (χ1v) is 12.6. The lowest BCUT2D eigenvalue weighted by molar-refractivity contribution is -0.143. The van der Waals surface area contributed by atoms with E-state index in [1.165, 1.54) is 18.7 Å². The quantitative estimate of drug-likeness (QED) is 0.0468. The van der Waals surface area contributed by atoms with E-state index in [-0.39, 0.29) is 38.2 Å². The second kappa shape index (κ2) is 17.3.